The van der Waals surface area contributed by atoms with Crippen LogP contribution in [0.4, 0.5) is 5.82 Å². The van der Waals surface area contributed by atoms with Gasteiger partial charge in [0.1, 0.15) is 5.82 Å². The van der Waals surface area contributed by atoms with Crippen molar-refractivity contribution in [2.24, 2.45) is 0 Å². The van der Waals surface area contributed by atoms with E-state index in [2.05, 4.69) is 14.6 Å². The zero-order valence-electron chi connectivity index (χ0n) is 13.2. The molecule has 0 spiro atoms. The molecule has 0 bridgehead atoms. The summed E-state index contributed by atoms with van der Waals surface area (Å²) in [6.07, 6.45) is 1.71. The number of aromatic nitrogens is 1. The number of nitrogens with one attached hydrogen (secondary N) is 1. The van der Waals surface area contributed by atoms with Gasteiger partial charge in [-0.1, -0.05) is 13.8 Å². The van der Waals surface area contributed by atoms with Gasteiger partial charge in [0.05, 0.1) is 13.2 Å². The Morgan fingerprint density at radius 3 is 2.64 bits per heavy atom. The van der Waals surface area contributed by atoms with E-state index in [1.807, 2.05) is 26.0 Å². The van der Waals surface area contributed by atoms with Crippen LogP contribution in [0.15, 0.2) is 18.3 Å². The molecule has 0 amide bonds. The average molecular weight is 328 g/mol. The monoisotopic (exact) mass is 328 g/mol. The molecule has 0 atom stereocenters. The van der Waals surface area contributed by atoms with Crippen LogP contribution in [0.5, 0.6) is 0 Å². The van der Waals surface area contributed by atoms with Crippen molar-refractivity contribution < 1.29 is 13.2 Å². The molecule has 124 valence electrons. The molecule has 0 aromatic carbocycles. The minimum absolute atomic E-state index is 0.263. The molecule has 1 N–H and O–H groups in total. The van der Waals surface area contributed by atoms with Gasteiger partial charge in [-0.2, -0.15) is 17.4 Å². The number of hydrogen-bond donors (Lipinski definition) is 1. The van der Waals surface area contributed by atoms with Crippen LogP contribution in [0.2, 0.25) is 0 Å². The fourth-order valence-electron chi connectivity index (χ4n) is 2.37. The van der Waals surface area contributed by atoms with Crippen LogP contribution in [-0.2, 0) is 21.5 Å². The van der Waals surface area contributed by atoms with E-state index in [0.717, 1.165) is 24.5 Å². The second-order valence-electron chi connectivity index (χ2n) is 5.03. The highest BCUT2D eigenvalue weighted by Crippen LogP contribution is 2.14. The first-order chi connectivity index (χ1) is 10.6. The summed E-state index contributed by atoms with van der Waals surface area (Å²) in [6.45, 7) is 7.84. The molecular formula is C14H24N4O3S. The van der Waals surface area contributed by atoms with E-state index in [0.29, 0.717) is 26.3 Å². The van der Waals surface area contributed by atoms with Crippen molar-refractivity contribution in [2.45, 2.75) is 20.4 Å². The molecule has 1 saturated heterocycles. The SMILES string of the molecule is CCN(CC)S(=O)(=O)NCc1ccnc(N2CCOCC2)c1. The Morgan fingerprint density at radius 1 is 1.32 bits per heavy atom. The molecule has 1 aromatic heterocycles. The summed E-state index contributed by atoms with van der Waals surface area (Å²) in [5.41, 5.74) is 0.896. The maximum atomic E-state index is 12.1. The maximum absolute atomic E-state index is 12.1. The molecule has 1 aromatic rings. The molecule has 1 aliphatic rings. The number of rotatable bonds is 7. The topological polar surface area (TPSA) is 74.8 Å². The van der Waals surface area contributed by atoms with Gasteiger partial charge in [-0.15, -0.1) is 0 Å². The van der Waals surface area contributed by atoms with Gasteiger partial charge >= 0.3 is 0 Å². The fourth-order valence-corrected chi connectivity index (χ4v) is 3.58. The standard InChI is InChI=1S/C14H24N4O3S/c1-3-18(4-2)22(19,20)16-12-13-5-6-15-14(11-13)17-7-9-21-10-8-17/h5-6,11,16H,3-4,7-10,12H2,1-2H3. The molecule has 1 fully saturated rings. The van der Waals surface area contributed by atoms with Crippen LogP contribution in [0.3, 0.4) is 0 Å². The Labute approximate surface area is 132 Å². The van der Waals surface area contributed by atoms with Gasteiger partial charge < -0.3 is 9.64 Å². The Hall–Kier alpha value is -1.22. The number of hydrogen-bond acceptors (Lipinski definition) is 5. The van der Waals surface area contributed by atoms with Gasteiger partial charge in [-0.05, 0) is 17.7 Å². The highest BCUT2D eigenvalue weighted by atomic mass is 32.2. The lowest BCUT2D eigenvalue weighted by Gasteiger charge is -2.28. The lowest BCUT2D eigenvalue weighted by Crippen LogP contribution is -2.40. The van der Waals surface area contributed by atoms with Gasteiger partial charge in [0, 0.05) is 38.9 Å². The lowest BCUT2D eigenvalue weighted by molar-refractivity contribution is 0.122. The summed E-state index contributed by atoms with van der Waals surface area (Å²) in [5, 5.41) is 0. The second kappa shape index (κ2) is 7.87. The van der Waals surface area contributed by atoms with E-state index in [1.165, 1.54) is 4.31 Å². The minimum atomic E-state index is -3.43. The van der Waals surface area contributed by atoms with Crippen LogP contribution in [0.1, 0.15) is 19.4 Å². The minimum Gasteiger partial charge on any atom is -0.378 e. The van der Waals surface area contributed by atoms with Gasteiger partial charge in [-0.25, -0.2) is 4.98 Å². The maximum Gasteiger partial charge on any atom is 0.279 e. The molecule has 22 heavy (non-hydrogen) atoms. The van der Waals surface area contributed by atoms with E-state index in [-0.39, 0.29) is 6.54 Å². The number of nitrogens with zero attached hydrogens (tertiary/aromatic N) is 3. The third-order valence-electron chi connectivity index (χ3n) is 3.65. The van der Waals surface area contributed by atoms with Crippen LogP contribution in [0.25, 0.3) is 0 Å². The summed E-state index contributed by atoms with van der Waals surface area (Å²) < 4.78 is 33.6. The number of pyridine rings is 1. The quantitative estimate of drug-likeness (QED) is 0.793. The van der Waals surface area contributed by atoms with Crippen molar-refractivity contribution in [3.63, 3.8) is 0 Å². The van der Waals surface area contributed by atoms with E-state index in [4.69, 9.17) is 4.74 Å². The lowest BCUT2D eigenvalue weighted by atomic mass is 10.2. The molecule has 0 radical (unpaired) electrons. The molecule has 0 saturated carbocycles. The van der Waals surface area contributed by atoms with Crippen LogP contribution < -0.4 is 9.62 Å². The molecule has 1 aliphatic heterocycles. The van der Waals surface area contributed by atoms with Crippen LogP contribution >= 0.6 is 0 Å². The van der Waals surface area contributed by atoms with Gasteiger partial charge in [-0.3, -0.25) is 0 Å². The number of ether oxygens (including phenoxy) is 1. The summed E-state index contributed by atoms with van der Waals surface area (Å²) in [6, 6.07) is 3.75. The summed E-state index contributed by atoms with van der Waals surface area (Å²) in [7, 11) is -3.43. The molecular weight excluding hydrogens is 304 g/mol. The Kier molecular flexibility index (Phi) is 6.13. The van der Waals surface area contributed by atoms with Gasteiger partial charge in [0.15, 0.2) is 0 Å². The molecule has 8 heteroatoms. The summed E-state index contributed by atoms with van der Waals surface area (Å²) >= 11 is 0. The summed E-state index contributed by atoms with van der Waals surface area (Å²) in [4.78, 5) is 6.50. The third kappa shape index (κ3) is 4.39. The second-order valence-corrected chi connectivity index (χ2v) is 6.79. The van der Waals surface area contributed by atoms with Crippen molar-refractivity contribution in [1.29, 1.82) is 0 Å². The number of morpholine rings is 1. The Morgan fingerprint density at radius 2 is 2.00 bits per heavy atom. The van der Waals surface area contributed by atoms with E-state index < -0.39 is 10.2 Å². The van der Waals surface area contributed by atoms with Crippen molar-refractivity contribution in [3.05, 3.63) is 23.9 Å². The predicted molar refractivity (Wildman–Crippen MR) is 85.9 cm³/mol. The van der Waals surface area contributed by atoms with Gasteiger partial charge in [0.2, 0.25) is 0 Å². The van der Waals surface area contributed by atoms with E-state index >= 15 is 0 Å². The highest BCUT2D eigenvalue weighted by Gasteiger charge is 2.18. The van der Waals surface area contributed by atoms with Crippen molar-refractivity contribution in [2.75, 3.05) is 44.3 Å². The van der Waals surface area contributed by atoms with Crippen LogP contribution in [0, 0.1) is 0 Å². The zero-order chi connectivity index (χ0) is 16.0. The van der Waals surface area contributed by atoms with E-state index in [1.54, 1.807) is 6.20 Å². The molecule has 2 heterocycles. The number of anilines is 1. The predicted octanol–water partition coefficient (Wildman–Crippen LogP) is 0.594. The molecule has 7 nitrogen and oxygen atoms in total. The van der Waals surface area contributed by atoms with Crippen molar-refractivity contribution >= 4 is 16.0 Å². The normalized spacial score (nSPS) is 16.2. The van der Waals surface area contributed by atoms with E-state index in [9.17, 15) is 8.42 Å². The summed E-state index contributed by atoms with van der Waals surface area (Å²) in [5.74, 6) is 0.864. The third-order valence-corrected chi connectivity index (χ3v) is 5.35. The molecule has 0 aliphatic carbocycles. The Bertz CT molecular complexity index is 569. The first-order valence-electron chi connectivity index (χ1n) is 7.59. The first-order valence-corrected chi connectivity index (χ1v) is 9.03. The van der Waals surface area contributed by atoms with Gasteiger partial charge in [0.25, 0.3) is 10.2 Å². The molecule has 2 rings (SSSR count). The first kappa shape index (κ1) is 17.1. The fraction of sp³-hybridized carbons (Fsp3) is 0.643. The average Bonchev–Trinajstić information content (AvgIpc) is 2.55. The van der Waals surface area contributed by atoms with Crippen molar-refractivity contribution in [1.82, 2.24) is 14.0 Å². The molecule has 0 unspecified atom stereocenters. The van der Waals surface area contributed by atoms with Crippen LogP contribution in [-0.4, -0.2) is 57.1 Å². The Balaban J connectivity index is 2.01. The van der Waals surface area contributed by atoms with Crippen molar-refractivity contribution in [3.8, 4) is 0 Å². The smallest absolute Gasteiger partial charge is 0.279 e. The highest BCUT2D eigenvalue weighted by molar-refractivity contribution is 7.87. The largest absolute Gasteiger partial charge is 0.378 e. The zero-order valence-corrected chi connectivity index (χ0v) is 14.0.